The number of hydrogen-bond donors (Lipinski definition) is 1. The third kappa shape index (κ3) is 3.20. The summed E-state index contributed by atoms with van der Waals surface area (Å²) in [6.07, 6.45) is 1.04. The minimum Gasteiger partial charge on any atom is -0.384 e. The Labute approximate surface area is 120 Å². The van der Waals surface area contributed by atoms with Crippen molar-refractivity contribution in [3.8, 4) is 11.8 Å². The van der Waals surface area contributed by atoms with Crippen molar-refractivity contribution in [1.82, 2.24) is 4.90 Å². The van der Waals surface area contributed by atoms with Crippen LogP contribution in [0.1, 0.15) is 41.8 Å². The van der Waals surface area contributed by atoms with Gasteiger partial charge in [-0.15, -0.1) is 0 Å². The summed E-state index contributed by atoms with van der Waals surface area (Å²) in [6.45, 7) is 7.78. The SMILES string of the molecule is Cc1ccc(C#CCO)cc1C(=O)N1CCC(C)(C)C1. The van der Waals surface area contributed by atoms with Gasteiger partial charge < -0.3 is 10.0 Å². The van der Waals surface area contributed by atoms with Crippen molar-refractivity contribution in [3.05, 3.63) is 34.9 Å². The summed E-state index contributed by atoms with van der Waals surface area (Å²) in [5, 5.41) is 8.74. The van der Waals surface area contributed by atoms with Gasteiger partial charge in [0, 0.05) is 24.2 Å². The van der Waals surface area contributed by atoms with Gasteiger partial charge in [0.05, 0.1) is 0 Å². The monoisotopic (exact) mass is 271 g/mol. The molecule has 3 heteroatoms. The third-order valence-corrected chi connectivity index (χ3v) is 3.74. The highest BCUT2D eigenvalue weighted by molar-refractivity contribution is 5.96. The average molecular weight is 271 g/mol. The van der Waals surface area contributed by atoms with Gasteiger partial charge in [-0.05, 0) is 36.5 Å². The van der Waals surface area contributed by atoms with Gasteiger partial charge in [0.15, 0.2) is 0 Å². The van der Waals surface area contributed by atoms with Crippen LogP contribution in [-0.2, 0) is 0 Å². The second kappa shape index (κ2) is 5.68. The van der Waals surface area contributed by atoms with E-state index in [0.717, 1.165) is 30.6 Å². The predicted molar refractivity (Wildman–Crippen MR) is 79.4 cm³/mol. The van der Waals surface area contributed by atoms with E-state index in [1.165, 1.54) is 0 Å². The summed E-state index contributed by atoms with van der Waals surface area (Å²) in [4.78, 5) is 14.5. The number of hydrogen-bond acceptors (Lipinski definition) is 2. The van der Waals surface area contributed by atoms with Gasteiger partial charge in [-0.3, -0.25) is 4.79 Å². The van der Waals surface area contributed by atoms with E-state index in [-0.39, 0.29) is 17.9 Å². The number of carbonyl (C=O) groups is 1. The van der Waals surface area contributed by atoms with E-state index in [0.29, 0.717) is 5.56 Å². The first-order valence-corrected chi connectivity index (χ1v) is 6.93. The molecular weight excluding hydrogens is 250 g/mol. The molecule has 0 unspecified atom stereocenters. The van der Waals surface area contributed by atoms with E-state index in [1.807, 2.05) is 30.0 Å². The highest BCUT2D eigenvalue weighted by Crippen LogP contribution is 2.30. The van der Waals surface area contributed by atoms with Crippen LogP contribution in [-0.4, -0.2) is 35.6 Å². The van der Waals surface area contributed by atoms with Crippen molar-refractivity contribution in [2.75, 3.05) is 19.7 Å². The van der Waals surface area contributed by atoms with Gasteiger partial charge in [-0.2, -0.15) is 0 Å². The van der Waals surface area contributed by atoms with E-state index in [2.05, 4.69) is 25.7 Å². The number of benzene rings is 1. The average Bonchev–Trinajstić information content (AvgIpc) is 2.77. The van der Waals surface area contributed by atoms with Crippen LogP contribution in [0.2, 0.25) is 0 Å². The molecule has 2 rings (SSSR count). The normalized spacial score (nSPS) is 16.7. The molecule has 1 fully saturated rings. The maximum Gasteiger partial charge on any atom is 0.254 e. The Bertz CT molecular complexity index is 578. The number of likely N-dealkylation sites (tertiary alicyclic amines) is 1. The molecule has 106 valence electrons. The van der Waals surface area contributed by atoms with Gasteiger partial charge in [0.25, 0.3) is 5.91 Å². The molecule has 3 nitrogen and oxygen atoms in total. The molecule has 1 amide bonds. The van der Waals surface area contributed by atoms with Crippen LogP contribution < -0.4 is 0 Å². The minimum absolute atomic E-state index is 0.0840. The third-order valence-electron chi connectivity index (χ3n) is 3.74. The summed E-state index contributed by atoms with van der Waals surface area (Å²) in [5.74, 6) is 5.55. The predicted octanol–water partition coefficient (Wildman–Crippen LogP) is 2.21. The molecule has 0 atom stereocenters. The Balaban J connectivity index is 2.25. The fourth-order valence-corrected chi connectivity index (χ4v) is 2.53. The van der Waals surface area contributed by atoms with Crippen molar-refractivity contribution in [2.45, 2.75) is 27.2 Å². The summed E-state index contributed by atoms with van der Waals surface area (Å²) in [5.41, 5.74) is 2.66. The van der Waals surface area contributed by atoms with Crippen molar-refractivity contribution in [3.63, 3.8) is 0 Å². The Morgan fingerprint density at radius 2 is 2.20 bits per heavy atom. The topological polar surface area (TPSA) is 40.5 Å². The molecule has 0 saturated carbocycles. The van der Waals surface area contributed by atoms with Gasteiger partial charge in [0.1, 0.15) is 6.61 Å². The molecule has 20 heavy (non-hydrogen) atoms. The summed E-state index contributed by atoms with van der Waals surface area (Å²) >= 11 is 0. The highest BCUT2D eigenvalue weighted by Gasteiger charge is 2.32. The van der Waals surface area contributed by atoms with Gasteiger partial charge in [-0.25, -0.2) is 0 Å². The largest absolute Gasteiger partial charge is 0.384 e. The Morgan fingerprint density at radius 1 is 1.45 bits per heavy atom. The van der Waals surface area contributed by atoms with Crippen LogP contribution in [0.15, 0.2) is 18.2 Å². The molecule has 1 aliphatic heterocycles. The van der Waals surface area contributed by atoms with Crippen molar-refractivity contribution >= 4 is 5.91 Å². The van der Waals surface area contributed by atoms with E-state index in [4.69, 9.17) is 5.11 Å². The number of aliphatic hydroxyl groups is 1. The molecule has 1 aliphatic rings. The van der Waals surface area contributed by atoms with Crippen molar-refractivity contribution < 1.29 is 9.90 Å². The standard InChI is InChI=1S/C17H21NO2/c1-13-6-7-14(5-4-10-19)11-15(13)16(20)18-9-8-17(2,3)12-18/h6-7,11,19H,8-10,12H2,1-3H3. The van der Waals surface area contributed by atoms with E-state index in [9.17, 15) is 4.79 Å². The van der Waals surface area contributed by atoms with Crippen LogP contribution in [0.25, 0.3) is 0 Å². The van der Waals surface area contributed by atoms with Gasteiger partial charge in [0.2, 0.25) is 0 Å². The lowest BCUT2D eigenvalue weighted by molar-refractivity contribution is 0.0777. The number of amides is 1. The maximum absolute atomic E-state index is 12.6. The minimum atomic E-state index is -0.169. The molecule has 1 N–H and O–H groups in total. The molecule has 1 saturated heterocycles. The molecule has 1 aromatic rings. The number of nitrogens with zero attached hydrogens (tertiary/aromatic N) is 1. The molecule has 0 aliphatic carbocycles. The lowest BCUT2D eigenvalue weighted by Crippen LogP contribution is -2.30. The Morgan fingerprint density at radius 3 is 2.80 bits per heavy atom. The molecule has 0 spiro atoms. The van der Waals surface area contributed by atoms with Gasteiger partial charge in [-0.1, -0.05) is 31.8 Å². The lowest BCUT2D eigenvalue weighted by atomic mass is 9.93. The fourth-order valence-electron chi connectivity index (χ4n) is 2.53. The van der Waals surface area contributed by atoms with Crippen molar-refractivity contribution in [1.29, 1.82) is 0 Å². The smallest absolute Gasteiger partial charge is 0.254 e. The van der Waals surface area contributed by atoms with Crippen LogP contribution in [0.3, 0.4) is 0 Å². The van der Waals surface area contributed by atoms with Crippen LogP contribution in [0, 0.1) is 24.2 Å². The van der Waals surface area contributed by atoms with E-state index < -0.39 is 0 Å². The van der Waals surface area contributed by atoms with Crippen LogP contribution >= 0.6 is 0 Å². The van der Waals surface area contributed by atoms with Crippen LogP contribution in [0.4, 0.5) is 0 Å². The summed E-state index contributed by atoms with van der Waals surface area (Å²) in [6, 6.07) is 5.62. The summed E-state index contributed by atoms with van der Waals surface area (Å²) < 4.78 is 0. The zero-order chi connectivity index (χ0) is 14.8. The quantitative estimate of drug-likeness (QED) is 0.796. The summed E-state index contributed by atoms with van der Waals surface area (Å²) in [7, 11) is 0. The first-order valence-electron chi connectivity index (χ1n) is 6.93. The molecule has 1 heterocycles. The molecule has 0 aromatic heterocycles. The molecule has 0 radical (unpaired) electrons. The Hall–Kier alpha value is -1.79. The van der Waals surface area contributed by atoms with E-state index in [1.54, 1.807) is 0 Å². The molecular formula is C17H21NO2. The van der Waals surface area contributed by atoms with Crippen LogP contribution in [0.5, 0.6) is 0 Å². The number of carbonyl (C=O) groups excluding carboxylic acids is 1. The lowest BCUT2D eigenvalue weighted by Gasteiger charge is -2.20. The number of rotatable bonds is 1. The first kappa shape index (κ1) is 14.6. The fraction of sp³-hybridized carbons (Fsp3) is 0.471. The first-order chi connectivity index (χ1) is 9.43. The maximum atomic E-state index is 12.6. The zero-order valence-electron chi connectivity index (χ0n) is 12.4. The number of aryl methyl sites for hydroxylation is 1. The second-order valence-electron chi connectivity index (χ2n) is 6.13. The molecule has 1 aromatic carbocycles. The number of aliphatic hydroxyl groups excluding tert-OH is 1. The van der Waals surface area contributed by atoms with Gasteiger partial charge >= 0.3 is 0 Å². The second-order valence-corrected chi connectivity index (χ2v) is 6.13. The van der Waals surface area contributed by atoms with E-state index >= 15 is 0 Å². The Kier molecular flexibility index (Phi) is 4.15. The molecule has 0 bridgehead atoms. The zero-order valence-corrected chi connectivity index (χ0v) is 12.4. The highest BCUT2D eigenvalue weighted by atomic mass is 16.2. The van der Waals surface area contributed by atoms with Crippen molar-refractivity contribution in [2.24, 2.45) is 5.41 Å².